The van der Waals surface area contributed by atoms with Gasteiger partial charge in [0.2, 0.25) is 0 Å². The van der Waals surface area contributed by atoms with Crippen LogP contribution in [0.2, 0.25) is 0 Å². The van der Waals surface area contributed by atoms with E-state index in [0.29, 0.717) is 5.92 Å². The summed E-state index contributed by atoms with van der Waals surface area (Å²) in [5, 5.41) is 4.97. The van der Waals surface area contributed by atoms with Crippen molar-refractivity contribution in [1.29, 1.82) is 0 Å². The molecular formula is C18H23NO. The molecule has 106 valence electrons. The van der Waals surface area contributed by atoms with Gasteiger partial charge >= 0.3 is 0 Å². The number of hydrogen-bond donors (Lipinski definition) is 1. The van der Waals surface area contributed by atoms with Crippen LogP contribution >= 0.6 is 0 Å². The molecule has 2 aromatic rings. The van der Waals surface area contributed by atoms with Gasteiger partial charge < -0.3 is 9.73 Å². The molecule has 2 nitrogen and oxygen atoms in total. The van der Waals surface area contributed by atoms with E-state index in [4.69, 9.17) is 4.42 Å². The molecule has 0 unspecified atom stereocenters. The fraction of sp³-hybridized carbons (Fsp3) is 0.556. The van der Waals surface area contributed by atoms with E-state index in [2.05, 4.69) is 37.4 Å². The Morgan fingerprint density at radius 3 is 2.65 bits per heavy atom. The molecule has 0 spiro atoms. The topological polar surface area (TPSA) is 25.2 Å². The van der Waals surface area contributed by atoms with Gasteiger partial charge in [0.15, 0.2) is 0 Å². The zero-order valence-corrected chi connectivity index (χ0v) is 12.4. The molecule has 0 saturated heterocycles. The van der Waals surface area contributed by atoms with E-state index >= 15 is 0 Å². The molecule has 1 aromatic heterocycles. The largest absolute Gasteiger partial charge is 0.459 e. The Bertz CT molecular complexity index is 632. The van der Waals surface area contributed by atoms with Crippen LogP contribution in [0.4, 0.5) is 0 Å². The van der Waals surface area contributed by atoms with Crippen molar-refractivity contribution < 1.29 is 4.42 Å². The summed E-state index contributed by atoms with van der Waals surface area (Å²) < 4.78 is 6.15. The van der Waals surface area contributed by atoms with Gasteiger partial charge in [0.1, 0.15) is 11.3 Å². The first-order chi connectivity index (χ1) is 9.72. The quantitative estimate of drug-likeness (QED) is 0.852. The Kier molecular flexibility index (Phi) is 2.88. The third-order valence-electron chi connectivity index (χ3n) is 4.61. The maximum atomic E-state index is 6.15. The second-order valence-corrected chi connectivity index (χ2v) is 6.78. The third-order valence-corrected chi connectivity index (χ3v) is 4.61. The van der Waals surface area contributed by atoms with Crippen molar-refractivity contribution in [3.05, 3.63) is 35.1 Å². The fourth-order valence-electron chi connectivity index (χ4n) is 3.02. The normalized spacial score (nSPS) is 19.1. The second kappa shape index (κ2) is 4.63. The van der Waals surface area contributed by atoms with Crippen molar-refractivity contribution in [1.82, 2.24) is 5.32 Å². The molecule has 0 radical (unpaired) electrons. The van der Waals surface area contributed by atoms with Crippen LogP contribution in [0.1, 0.15) is 68.3 Å². The highest BCUT2D eigenvalue weighted by Gasteiger charge is 2.31. The average Bonchev–Trinajstić information content (AvgIpc) is 3.33. The van der Waals surface area contributed by atoms with Gasteiger partial charge in [-0.25, -0.2) is 0 Å². The van der Waals surface area contributed by atoms with E-state index in [1.807, 2.05) is 0 Å². The lowest BCUT2D eigenvalue weighted by Gasteiger charge is -2.05. The van der Waals surface area contributed by atoms with Gasteiger partial charge in [0.25, 0.3) is 0 Å². The van der Waals surface area contributed by atoms with Crippen molar-refractivity contribution in [2.75, 3.05) is 0 Å². The summed E-state index contributed by atoms with van der Waals surface area (Å²) in [4.78, 5) is 0. The van der Waals surface area contributed by atoms with Gasteiger partial charge in [-0.3, -0.25) is 0 Å². The molecule has 1 heterocycles. The molecule has 2 fully saturated rings. The van der Waals surface area contributed by atoms with Crippen molar-refractivity contribution in [3.63, 3.8) is 0 Å². The summed E-state index contributed by atoms with van der Waals surface area (Å²) >= 11 is 0. The summed E-state index contributed by atoms with van der Waals surface area (Å²) in [6.45, 7) is 5.42. The van der Waals surface area contributed by atoms with Crippen LogP contribution in [0.15, 0.2) is 22.6 Å². The summed E-state index contributed by atoms with van der Waals surface area (Å²) in [6.07, 6.45) is 5.32. The smallest absolute Gasteiger partial charge is 0.134 e. The van der Waals surface area contributed by atoms with E-state index < -0.39 is 0 Å². The van der Waals surface area contributed by atoms with Crippen LogP contribution < -0.4 is 5.32 Å². The second-order valence-electron chi connectivity index (χ2n) is 6.78. The van der Waals surface area contributed by atoms with E-state index in [1.54, 1.807) is 0 Å². The maximum Gasteiger partial charge on any atom is 0.134 e. The van der Waals surface area contributed by atoms with Gasteiger partial charge in [-0.1, -0.05) is 19.9 Å². The highest BCUT2D eigenvalue weighted by Crippen LogP contribution is 2.46. The molecule has 0 aliphatic heterocycles. The van der Waals surface area contributed by atoms with Crippen molar-refractivity contribution in [2.24, 2.45) is 0 Å². The molecule has 2 aliphatic carbocycles. The zero-order valence-electron chi connectivity index (χ0n) is 12.4. The molecule has 2 saturated carbocycles. The van der Waals surface area contributed by atoms with Gasteiger partial charge in [0.05, 0.1) is 6.54 Å². The molecule has 2 aliphatic rings. The summed E-state index contributed by atoms with van der Waals surface area (Å²) in [6, 6.07) is 7.47. The molecule has 0 amide bonds. The Morgan fingerprint density at radius 1 is 1.20 bits per heavy atom. The van der Waals surface area contributed by atoms with Crippen molar-refractivity contribution >= 4 is 11.0 Å². The minimum Gasteiger partial charge on any atom is -0.459 e. The van der Waals surface area contributed by atoms with Crippen LogP contribution in [-0.4, -0.2) is 6.04 Å². The molecule has 0 bridgehead atoms. The molecule has 2 heteroatoms. The number of fused-ring (bicyclic) bond motifs is 1. The van der Waals surface area contributed by atoms with Gasteiger partial charge in [0, 0.05) is 17.0 Å². The molecule has 4 rings (SSSR count). The van der Waals surface area contributed by atoms with Crippen LogP contribution in [0.5, 0.6) is 0 Å². The SMILES string of the molecule is CC(C)c1ccc2oc(CNC3CC3)c(C3CC3)c2c1. The van der Waals surface area contributed by atoms with Crippen molar-refractivity contribution in [2.45, 2.75) is 64.0 Å². The van der Waals surface area contributed by atoms with E-state index in [9.17, 15) is 0 Å². The molecule has 20 heavy (non-hydrogen) atoms. The Labute approximate surface area is 120 Å². The van der Waals surface area contributed by atoms with Gasteiger partial charge in [-0.2, -0.15) is 0 Å². The molecular weight excluding hydrogens is 246 g/mol. The molecule has 0 atom stereocenters. The van der Waals surface area contributed by atoms with Gasteiger partial charge in [-0.05, 0) is 55.2 Å². The van der Waals surface area contributed by atoms with E-state index in [0.717, 1.165) is 24.1 Å². The lowest BCUT2D eigenvalue weighted by atomic mass is 9.98. The van der Waals surface area contributed by atoms with Crippen LogP contribution in [-0.2, 0) is 6.54 Å². The first-order valence-corrected chi connectivity index (χ1v) is 8.01. The summed E-state index contributed by atoms with van der Waals surface area (Å²) in [5.41, 5.74) is 3.99. The Morgan fingerprint density at radius 2 is 2.00 bits per heavy atom. The minimum atomic E-state index is 0.578. The Balaban J connectivity index is 1.75. The van der Waals surface area contributed by atoms with Crippen molar-refractivity contribution in [3.8, 4) is 0 Å². The molecule has 1 aromatic carbocycles. The fourth-order valence-corrected chi connectivity index (χ4v) is 3.02. The number of hydrogen-bond acceptors (Lipinski definition) is 2. The number of furan rings is 1. The van der Waals surface area contributed by atoms with E-state index in [1.165, 1.54) is 48.0 Å². The Hall–Kier alpha value is -1.28. The predicted molar refractivity (Wildman–Crippen MR) is 82.1 cm³/mol. The summed E-state index contributed by atoms with van der Waals surface area (Å²) in [7, 11) is 0. The van der Waals surface area contributed by atoms with Gasteiger partial charge in [-0.15, -0.1) is 0 Å². The number of rotatable bonds is 5. The highest BCUT2D eigenvalue weighted by atomic mass is 16.3. The monoisotopic (exact) mass is 269 g/mol. The van der Waals surface area contributed by atoms with Crippen LogP contribution in [0, 0.1) is 0 Å². The predicted octanol–water partition coefficient (Wildman–Crippen LogP) is 4.69. The molecule has 1 N–H and O–H groups in total. The average molecular weight is 269 g/mol. The maximum absolute atomic E-state index is 6.15. The van der Waals surface area contributed by atoms with E-state index in [-0.39, 0.29) is 0 Å². The first-order valence-electron chi connectivity index (χ1n) is 8.01. The third kappa shape index (κ3) is 2.26. The number of nitrogens with one attached hydrogen (secondary N) is 1. The lowest BCUT2D eigenvalue weighted by Crippen LogP contribution is -2.15. The standard InChI is InChI=1S/C18H23NO/c1-11(2)13-5-8-16-15(9-13)18(12-3-4-12)17(20-16)10-19-14-6-7-14/h5,8-9,11-12,14,19H,3-4,6-7,10H2,1-2H3. The first kappa shape index (κ1) is 12.5. The number of benzene rings is 1. The highest BCUT2D eigenvalue weighted by molar-refractivity contribution is 5.84. The lowest BCUT2D eigenvalue weighted by molar-refractivity contribution is 0.506. The minimum absolute atomic E-state index is 0.578. The summed E-state index contributed by atoms with van der Waals surface area (Å²) in [5.74, 6) is 2.51. The zero-order chi connectivity index (χ0) is 13.7. The van der Waals surface area contributed by atoms with Crippen LogP contribution in [0.25, 0.3) is 11.0 Å². The van der Waals surface area contributed by atoms with Crippen LogP contribution in [0.3, 0.4) is 0 Å².